The molecule has 2 atom stereocenters. The van der Waals surface area contributed by atoms with Gasteiger partial charge in [0.25, 0.3) is 0 Å². The summed E-state index contributed by atoms with van der Waals surface area (Å²) in [6.45, 7) is 11.6. The summed E-state index contributed by atoms with van der Waals surface area (Å²) in [6, 6.07) is 5.09. The lowest BCUT2D eigenvalue weighted by atomic mass is 9.93. The third kappa shape index (κ3) is 9.21. The van der Waals surface area contributed by atoms with Crippen LogP contribution in [0.5, 0.6) is 0 Å². The van der Waals surface area contributed by atoms with E-state index in [0.717, 1.165) is 16.0 Å². The van der Waals surface area contributed by atoms with E-state index in [-0.39, 0.29) is 12.3 Å². The van der Waals surface area contributed by atoms with E-state index in [2.05, 4.69) is 15.4 Å². The van der Waals surface area contributed by atoms with Crippen molar-refractivity contribution < 1.29 is 28.7 Å². The lowest BCUT2D eigenvalue weighted by Gasteiger charge is -2.34. The predicted octanol–water partition coefficient (Wildman–Crippen LogP) is 2.93. The first-order valence-electron chi connectivity index (χ1n) is 11.8. The van der Waals surface area contributed by atoms with Crippen LogP contribution >= 0.6 is 0 Å². The minimum atomic E-state index is -1.22. The third-order valence-electron chi connectivity index (χ3n) is 5.23. The number of nitriles is 1. The Morgan fingerprint density at radius 1 is 1.11 bits per heavy atom. The molecule has 0 aliphatic carbocycles. The quantitative estimate of drug-likeness (QED) is 0.371. The first kappa shape index (κ1) is 30.4. The molecule has 1 aromatic rings. The van der Waals surface area contributed by atoms with Crippen molar-refractivity contribution >= 4 is 23.9 Å². The van der Waals surface area contributed by atoms with Crippen molar-refractivity contribution in [3.8, 4) is 6.07 Å². The van der Waals surface area contributed by atoms with Gasteiger partial charge in [0.05, 0.1) is 13.2 Å². The van der Waals surface area contributed by atoms with Gasteiger partial charge in [0.1, 0.15) is 30.8 Å². The fraction of sp³-hybridized carbons (Fsp3) is 0.577. The fourth-order valence-electron chi connectivity index (χ4n) is 3.73. The van der Waals surface area contributed by atoms with Crippen molar-refractivity contribution in [1.82, 2.24) is 15.5 Å². The lowest BCUT2D eigenvalue weighted by Crippen LogP contribution is -2.54. The molecule has 0 spiro atoms. The number of carbonyl (C=O) groups is 4. The van der Waals surface area contributed by atoms with Gasteiger partial charge in [-0.2, -0.15) is 5.26 Å². The van der Waals surface area contributed by atoms with Crippen LogP contribution in [0.4, 0.5) is 4.79 Å². The average Bonchev–Trinajstić information content (AvgIpc) is 2.76. The highest BCUT2D eigenvalue weighted by atomic mass is 16.6. The Labute approximate surface area is 213 Å². The number of benzene rings is 1. The number of amides is 3. The number of aryl methyl sites for hydroxylation is 2. The summed E-state index contributed by atoms with van der Waals surface area (Å²) in [5.41, 5.74) is 1.20. The molecule has 2 unspecified atom stereocenters. The number of carbonyl (C=O) groups excluding carboxylic acids is 4. The third-order valence-corrected chi connectivity index (χ3v) is 5.23. The molecule has 3 amide bonds. The van der Waals surface area contributed by atoms with Gasteiger partial charge in [-0.05, 0) is 63.6 Å². The van der Waals surface area contributed by atoms with E-state index in [1.165, 1.54) is 7.11 Å². The van der Waals surface area contributed by atoms with E-state index < -0.39 is 54.7 Å². The number of alkyl carbamates (subject to hydrolysis) is 1. The van der Waals surface area contributed by atoms with E-state index in [9.17, 15) is 24.4 Å². The fourth-order valence-corrected chi connectivity index (χ4v) is 3.73. The number of nitrogens with zero attached hydrogens (tertiary/aromatic N) is 2. The zero-order valence-electron chi connectivity index (χ0n) is 22.4. The van der Waals surface area contributed by atoms with Gasteiger partial charge in [-0.3, -0.25) is 14.4 Å². The molecule has 10 heteroatoms. The molecule has 36 heavy (non-hydrogen) atoms. The summed E-state index contributed by atoms with van der Waals surface area (Å²) in [5, 5.41) is 14.7. The zero-order chi connectivity index (χ0) is 27.6. The molecule has 10 nitrogen and oxygen atoms in total. The Morgan fingerprint density at radius 3 is 2.17 bits per heavy atom. The van der Waals surface area contributed by atoms with Gasteiger partial charge >= 0.3 is 12.1 Å². The number of methoxy groups -OCH3 is 1. The molecule has 198 valence electrons. The van der Waals surface area contributed by atoms with Crippen LogP contribution in [0.25, 0.3) is 0 Å². The van der Waals surface area contributed by atoms with Crippen LogP contribution in [0, 0.1) is 31.1 Å². The normalized spacial score (nSPS) is 12.7. The maximum atomic E-state index is 13.8. The van der Waals surface area contributed by atoms with Crippen LogP contribution in [0.3, 0.4) is 0 Å². The average molecular weight is 503 g/mol. The Morgan fingerprint density at radius 2 is 1.69 bits per heavy atom. The molecule has 0 saturated carbocycles. The van der Waals surface area contributed by atoms with E-state index in [1.54, 1.807) is 46.8 Å². The predicted molar refractivity (Wildman–Crippen MR) is 134 cm³/mol. The largest absolute Gasteiger partial charge is 0.468 e. The molecule has 0 saturated heterocycles. The van der Waals surface area contributed by atoms with Crippen molar-refractivity contribution in [3.05, 3.63) is 34.9 Å². The van der Waals surface area contributed by atoms with Crippen LogP contribution in [0.2, 0.25) is 0 Å². The topological polar surface area (TPSA) is 138 Å². The maximum absolute atomic E-state index is 13.8. The molecule has 0 aliphatic rings. The van der Waals surface area contributed by atoms with E-state index in [0.29, 0.717) is 5.56 Å². The van der Waals surface area contributed by atoms with Gasteiger partial charge < -0.3 is 25.0 Å². The molecular formula is C26H38N4O6. The van der Waals surface area contributed by atoms with Crippen LogP contribution < -0.4 is 10.6 Å². The Kier molecular flexibility index (Phi) is 11.4. The molecule has 1 aromatic carbocycles. The molecule has 0 fully saturated rings. The van der Waals surface area contributed by atoms with Gasteiger partial charge in [0, 0.05) is 0 Å². The van der Waals surface area contributed by atoms with Crippen LogP contribution in [0.1, 0.15) is 63.8 Å². The molecule has 1 rings (SSSR count). The van der Waals surface area contributed by atoms with Crippen molar-refractivity contribution in [1.29, 1.82) is 5.26 Å². The monoisotopic (exact) mass is 502 g/mol. The van der Waals surface area contributed by atoms with Gasteiger partial charge in [0.2, 0.25) is 11.8 Å². The molecule has 0 bridgehead atoms. The van der Waals surface area contributed by atoms with Crippen LogP contribution in [0.15, 0.2) is 18.2 Å². The smallest absolute Gasteiger partial charge is 0.408 e. The molecule has 0 aliphatic heterocycles. The van der Waals surface area contributed by atoms with Gasteiger partial charge in [-0.1, -0.05) is 32.0 Å². The summed E-state index contributed by atoms with van der Waals surface area (Å²) >= 11 is 0. The summed E-state index contributed by atoms with van der Waals surface area (Å²) in [5.74, 6) is -1.92. The first-order chi connectivity index (χ1) is 16.7. The van der Waals surface area contributed by atoms with E-state index >= 15 is 0 Å². The second-order valence-electron chi connectivity index (χ2n) is 9.95. The number of rotatable bonds is 10. The minimum Gasteiger partial charge on any atom is -0.468 e. The minimum absolute atomic E-state index is 0.00428. The molecule has 2 N–H and O–H groups in total. The maximum Gasteiger partial charge on any atom is 0.408 e. The van der Waals surface area contributed by atoms with Gasteiger partial charge in [0.15, 0.2) is 0 Å². The first-order valence-corrected chi connectivity index (χ1v) is 11.8. The van der Waals surface area contributed by atoms with E-state index in [4.69, 9.17) is 4.74 Å². The van der Waals surface area contributed by atoms with Crippen LogP contribution in [-0.4, -0.2) is 60.6 Å². The number of esters is 1. The zero-order valence-corrected chi connectivity index (χ0v) is 22.4. The second kappa shape index (κ2) is 13.5. The summed E-state index contributed by atoms with van der Waals surface area (Å²) in [6.07, 6.45) is -0.527. The van der Waals surface area contributed by atoms with E-state index in [1.807, 2.05) is 26.0 Å². The van der Waals surface area contributed by atoms with Crippen molar-refractivity contribution in [2.24, 2.45) is 5.92 Å². The highest BCUT2D eigenvalue weighted by Gasteiger charge is 2.38. The lowest BCUT2D eigenvalue weighted by molar-refractivity contribution is -0.144. The highest BCUT2D eigenvalue weighted by Crippen LogP contribution is 2.29. The van der Waals surface area contributed by atoms with Crippen LogP contribution in [-0.2, 0) is 23.9 Å². The number of ether oxygens (including phenoxy) is 2. The Bertz CT molecular complexity index is 973. The Hall–Kier alpha value is -3.61. The number of nitrogens with one attached hydrogen (secondary N) is 2. The van der Waals surface area contributed by atoms with Crippen molar-refractivity contribution in [2.45, 2.75) is 72.6 Å². The van der Waals surface area contributed by atoms with Gasteiger partial charge in [-0.15, -0.1) is 0 Å². The molecule has 0 radical (unpaired) electrons. The summed E-state index contributed by atoms with van der Waals surface area (Å²) < 4.78 is 9.94. The number of hydrogen-bond acceptors (Lipinski definition) is 7. The van der Waals surface area contributed by atoms with Gasteiger partial charge in [-0.25, -0.2) is 4.79 Å². The highest BCUT2D eigenvalue weighted by molar-refractivity contribution is 5.93. The summed E-state index contributed by atoms with van der Waals surface area (Å²) in [4.78, 5) is 52.6. The SMILES string of the molecule is COC(=O)CNC(=O)C(c1c(C)cccc1C)N(CC#N)C(=O)C(CC(C)C)NC(=O)OC(C)(C)C. The molecule has 0 heterocycles. The molecule has 0 aromatic heterocycles. The Balaban J connectivity index is 3.53. The molecular weight excluding hydrogens is 464 g/mol. The second-order valence-corrected chi connectivity index (χ2v) is 9.95. The van der Waals surface area contributed by atoms with Crippen molar-refractivity contribution in [3.63, 3.8) is 0 Å². The standard InChI is InChI=1S/C26H38N4O6/c1-16(2)14-19(29-25(34)36-26(5,6)7)24(33)30(13-12-27)22(23(32)28-15-20(31)35-8)21-17(3)10-9-11-18(21)4/h9-11,16,19,22H,13-15H2,1-8H3,(H,28,32)(H,29,34). The van der Waals surface area contributed by atoms with Crippen molar-refractivity contribution in [2.75, 3.05) is 20.2 Å². The number of hydrogen-bond donors (Lipinski definition) is 2. The summed E-state index contributed by atoms with van der Waals surface area (Å²) in [7, 11) is 1.20.